The van der Waals surface area contributed by atoms with Crippen molar-refractivity contribution in [2.24, 2.45) is 0 Å². The van der Waals surface area contributed by atoms with Crippen LogP contribution in [0.2, 0.25) is 0 Å². The second-order valence-electron chi connectivity index (χ2n) is 7.54. The molecule has 0 amide bonds. The molecule has 1 fully saturated rings. The maximum absolute atomic E-state index is 14.4. The van der Waals surface area contributed by atoms with Crippen LogP contribution in [0.4, 0.5) is 32.2 Å². The van der Waals surface area contributed by atoms with Crippen LogP contribution in [-0.4, -0.2) is 25.8 Å². The van der Waals surface area contributed by atoms with Gasteiger partial charge in [-0.3, -0.25) is 9.36 Å². The van der Waals surface area contributed by atoms with Crippen molar-refractivity contribution in [3.63, 3.8) is 0 Å². The molecule has 4 rings (SSSR count). The van der Waals surface area contributed by atoms with E-state index in [1.165, 1.54) is 6.92 Å². The van der Waals surface area contributed by atoms with E-state index in [9.17, 15) is 36.2 Å². The highest BCUT2D eigenvalue weighted by Crippen LogP contribution is 2.55. The molecule has 170 valence electrons. The van der Waals surface area contributed by atoms with Crippen LogP contribution < -0.4 is 10.9 Å². The minimum Gasteiger partial charge on any atom is -0.369 e. The Labute approximate surface area is 176 Å². The summed E-state index contributed by atoms with van der Waals surface area (Å²) >= 11 is 0. The minimum absolute atomic E-state index is 0.0235. The molecule has 0 radical (unpaired) electrons. The van der Waals surface area contributed by atoms with E-state index in [4.69, 9.17) is 0 Å². The summed E-state index contributed by atoms with van der Waals surface area (Å²) in [6.07, 6.45) is -8.22. The quantitative estimate of drug-likeness (QED) is 0.440. The predicted molar refractivity (Wildman–Crippen MR) is 102 cm³/mol. The minimum atomic E-state index is -4.67. The molecule has 0 unspecified atom stereocenters. The zero-order chi connectivity index (χ0) is 23.4. The first-order chi connectivity index (χ1) is 15.0. The molecule has 1 aromatic carbocycles. The van der Waals surface area contributed by atoms with Gasteiger partial charge < -0.3 is 10.4 Å². The second kappa shape index (κ2) is 7.47. The van der Waals surface area contributed by atoms with E-state index >= 15 is 0 Å². The number of alkyl halides is 5. The molecule has 12 heteroatoms. The molecule has 2 N–H and O–H groups in total. The van der Waals surface area contributed by atoms with Crippen molar-refractivity contribution in [3.05, 3.63) is 63.6 Å². The van der Waals surface area contributed by atoms with Gasteiger partial charge in [-0.1, -0.05) is 18.2 Å². The molecule has 6 nitrogen and oxygen atoms in total. The lowest BCUT2D eigenvalue weighted by Gasteiger charge is -2.24. The first kappa shape index (κ1) is 22.1. The summed E-state index contributed by atoms with van der Waals surface area (Å²) in [7, 11) is 0. The number of hydrogen-bond acceptors (Lipinski definition) is 5. The Balaban J connectivity index is 1.81. The number of aliphatic hydroxyl groups excluding tert-OH is 1. The number of hydrogen-bond donors (Lipinski definition) is 2. The van der Waals surface area contributed by atoms with Crippen molar-refractivity contribution in [2.75, 3.05) is 5.32 Å². The Morgan fingerprint density at radius 1 is 1.19 bits per heavy atom. The van der Waals surface area contributed by atoms with Crippen LogP contribution in [0.1, 0.15) is 42.2 Å². The van der Waals surface area contributed by atoms with Crippen molar-refractivity contribution >= 4 is 16.7 Å². The lowest BCUT2D eigenvalue weighted by atomic mass is 10.1. The number of aliphatic hydroxyl groups is 1. The maximum Gasteiger partial charge on any atom is 0.412 e. The molecule has 3 aromatic rings. The highest BCUT2D eigenvalue weighted by molar-refractivity contribution is 5.90. The molecule has 2 aromatic heterocycles. The fraction of sp³-hybridized carbons (Fsp3) is 0.350. The zero-order valence-electron chi connectivity index (χ0n) is 16.4. The summed E-state index contributed by atoms with van der Waals surface area (Å²) in [5, 5.41) is 12.8. The highest BCUT2D eigenvalue weighted by Gasteiger charge is 2.65. The van der Waals surface area contributed by atoms with Gasteiger partial charge in [-0.15, -0.1) is 0 Å². The van der Waals surface area contributed by atoms with Crippen LogP contribution in [0.5, 0.6) is 0 Å². The average molecular weight is 458 g/mol. The largest absolute Gasteiger partial charge is 0.412 e. The number of nitrogens with zero attached hydrogens (tertiary/aromatic N) is 3. The summed E-state index contributed by atoms with van der Waals surface area (Å²) in [6, 6.07) is 3.07. The lowest BCUT2D eigenvalue weighted by molar-refractivity contribution is -0.180. The number of aromatic nitrogens is 3. The van der Waals surface area contributed by atoms with Gasteiger partial charge in [0.15, 0.2) is 6.23 Å². The SMILES string of the molecule is Cc1c(=O)n(C2(C(F)(F)F)CC2)cc2c(N[C@H](O)c3cccc(C(F)F)c3F)ncnc12. The fourth-order valence-corrected chi connectivity index (χ4v) is 3.65. The maximum atomic E-state index is 14.4. The van der Waals surface area contributed by atoms with Crippen LogP contribution in [0.25, 0.3) is 10.9 Å². The molecule has 2 heterocycles. The Kier molecular flexibility index (Phi) is 5.15. The molecule has 1 atom stereocenters. The number of aryl methyl sites for hydroxylation is 1. The van der Waals surface area contributed by atoms with Gasteiger partial charge in [-0.05, 0) is 19.8 Å². The molecule has 1 saturated carbocycles. The molecule has 1 aliphatic rings. The third-order valence-electron chi connectivity index (χ3n) is 5.61. The van der Waals surface area contributed by atoms with E-state index in [1.54, 1.807) is 0 Å². The molecule has 0 aliphatic heterocycles. The van der Waals surface area contributed by atoms with Gasteiger partial charge in [0.2, 0.25) is 0 Å². The first-order valence-corrected chi connectivity index (χ1v) is 9.43. The van der Waals surface area contributed by atoms with Gasteiger partial charge in [0, 0.05) is 17.3 Å². The first-order valence-electron chi connectivity index (χ1n) is 9.43. The van der Waals surface area contributed by atoms with Crippen molar-refractivity contribution in [1.82, 2.24) is 14.5 Å². The number of halogens is 6. The summed E-state index contributed by atoms with van der Waals surface area (Å²) in [6.45, 7) is 1.31. The smallest absolute Gasteiger partial charge is 0.369 e. The topological polar surface area (TPSA) is 80.0 Å². The second-order valence-corrected chi connectivity index (χ2v) is 7.54. The summed E-state index contributed by atoms with van der Waals surface area (Å²) in [5.74, 6) is -1.53. The summed E-state index contributed by atoms with van der Waals surface area (Å²) in [4.78, 5) is 20.5. The number of benzene rings is 1. The van der Waals surface area contributed by atoms with Gasteiger partial charge in [-0.2, -0.15) is 13.2 Å². The highest BCUT2D eigenvalue weighted by atomic mass is 19.4. The zero-order valence-corrected chi connectivity index (χ0v) is 16.4. The van der Waals surface area contributed by atoms with Crippen molar-refractivity contribution in [1.29, 1.82) is 0 Å². The van der Waals surface area contributed by atoms with E-state index < -0.39 is 46.9 Å². The summed E-state index contributed by atoms with van der Waals surface area (Å²) < 4.78 is 81.8. The molecule has 0 spiro atoms. The van der Waals surface area contributed by atoms with Crippen LogP contribution in [-0.2, 0) is 5.54 Å². The van der Waals surface area contributed by atoms with Crippen LogP contribution >= 0.6 is 0 Å². The number of anilines is 1. The summed E-state index contributed by atoms with van der Waals surface area (Å²) in [5.41, 5.74) is -4.66. The number of fused-ring (bicyclic) bond motifs is 1. The van der Waals surface area contributed by atoms with Gasteiger partial charge in [0.25, 0.3) is 12.0 Å². The van der Waals surface area contributed by atoms with E-state index in [0.29, 0.717) is 4.57 Å². The predicted octanol–water partition coefficient (Wildman–Crippen LogP) is 4.33. The Morgan fingerprint density at radius 2 is 1.84 bits per heavy atom. The third kappa shape index (κ3) is 3.38. The normalized spacial score (nSPS) is 16.4. The van der Waals surface area contributed by atoms with Crippen LogP contribution in [0.3, 0.4) is 0 Å². The van der Waals surface area contributed by atoms with Gasteiger partial charge in [0.1, 0.15) is 23.5 Å². The van der Waals surface area contributed by atoms with Gasteiger partial charge in [0.05, 0.1) is 16.5 Å². The van der Waals surface area contributed by atoms with Crippen molar-refractivity contribution < 1.29 is 31.4 Å². The van der Waals surface area contributed by atoms with E-state index in [0.717, 1.165) is 30.7 Å². The number of rotatable bonds is 5. The van der Waals surface area contributed by atoms with Crippen LogP contribution in [0, 0.1) is 12.7 Å². The molecule has 1 aliphatic carbocycles. The van der Waals surface area contributed by atoms with Gasteiger partial charge >= 0.3 is 6.18 Å². The fourth-order valence-electron chi connectivity index (χ4n) is 3.65. The number of nitrogens with one attached hydrogen (secondary N) is 1. The van der Waals surface area contributed by atoms with Crippen molar-refractivity contribution in [2.45, 2.75) is 44.1 Å². The molecular formula is C20H16F6N4O2. The average Bonchev–Trinajstić information content (AvgIpc) is 3.53. The Morgan fingerprint density at radius 3 is 2.44 bits per heavy atom. The lowest BCUT2D eigenvalue weighted by Crippen LogP contribution is -2.42. The third-order valence-corrected chi connectivity index (χ3v) is 5.61. The molecule has 0 bridgehead atoms. The van der Waals surface area contributed by atoms with Crippen molar-refractivity contribution in [3.8, 4) is 0 Å². The Hall–Kier alpha value is -3.15. The van der Waals surface area contributed by atoms with Gasteiger partial charge in [-0.25, -0.2) is 23.1 Å². The molecular weight excluding hydrogens is 442 g/mol. The monoisotopic (exact) mass is 458 g/mol. The Bertz CT molecular complexity index is 1250. The van der Waals surface area contributed by atoms with E-state index in [1.807, 2.05) is 0 Å². The molecule has 0 saturated heterocycles. The van der Waals surface area contributed by atoms with E-state index in [-0.39, 0.29) is 35.1 Å². The standard InChI is InChI=1S/C20H16F6N4O2/c1-9-14-12(7-30(18(9)32)19(5-6-19)20(24,25)26)16(28-8-27-14)29-17(31)11-4-2-3-10(13(11)21)15(22)23/h2-4,7-8,15,17,31H,5-6H2,1H3,(H,27,28,29)/t17-/m1/s1. The number of pyridine rings is 1. The van der Waals surface area contributed by atoms with Crippen LogP contribution in [0.15, 0.2) is 35.5 Å². The van der Waals surface area contributed by atoms with E-state index in [2.05, 4.69) is 15.3 Å². The molecule has 32 heavy (non-hydrogen) atoms.